The Hall–Kier alpha value is -1.06. The third-order valence-electron chi connectivity index (χ3n) is 3.69. The molecule has 0 saturated carbocycles. The highest BCUT2D eigenvalue weighted by molar-refractivity contribution is 7.88. The molecule has 2 N–H and O–H groups in total. The lowest BCUT2D eigenvalue weighted by Crippen LogP contribution is -2.39. The van der Waals surface area contributed by atoms with Crippen molar-refractivity contribution >= 4 is 39.3 Å². The number of ether oxygens (including phenoxy) is 1. The molecule has 0 aromatic heterocycles. The average Bonchev–Trinajstić information content (AvgIpc) is 2.70. The van der Waals surface area contributed by atoms with Crippen molar-refractivity contribution in [3.8, 4) is 0 Å². The standard InChI is InChI=1S/C14H18Cl2N2O5S/c1-24(21,22)17-7-10-8-18(14(19)20)4-5-23-13(10)9-2-3-11(15)12(16)6-9/h2-3,6,10,13,17H,4-5,7-8H2,1H3,(H,19,20). The molecule has 0 aliphatic carbocycles. The van der Waals surface area contributed by atoms with Gasteiger partial charge in [0.15, 0.2) is 0 Å². The second-order valence-corrected chi connectivity index (χ2v) is 8.22. The molecule has 1 heterocycles. The Labute approximate surface area is 150 Å². The highest BCUT2D eigenvalue weighted by atomic mass is 35.5. The third kappa shape index (κ3) is 5.22. The second kappa shape index (κ2) is 7.88. The van der Waals surface area contributed by atoms with E-state index in [1.54, 1.807) is 18.2 Å². The Kier molecular flexibility index (Phi) is 6.33. The van der Waals surface area contributed by atoms with Crippen LogP contribution >= 0.6 is 23.2 Å². The van der Waals surface area contributed by atoms with Gasteiger partial charge in [0.2, 0.25) is 10.0 Å². The Morgan fingerprint density at radius 1 is 1.42 bits per heavy atom. The van der Waals surface area contributed by atoms with Crippen molar-refractivity contribution in [3.05, 3.63) is 33.8 Å². The van der Waals surface area contributed by atoms with E-state index in [-0.39, 0.29) is 26.2 Å². The molecule has 24 heavy (non-hydrogen) atoms. The van der Waals surface area contributed by atoms with Crippen LogP contribution in [0.15, 0.2) is 18.2 Å². The van der Waals surface area contributed by atoms with Crippen molar-refractivity contribution in [1.82, 2.24) is 9.62 Å². The molecule has 1 aliphatic heterocycles. The number of nitrogens with zero attached hydrogens (tertiary/aromatic N) is 1. The molecule has 0 bridgehead atoms. The van der Waals surface area contributed by atoms with Gasteiger partial charge in [-0.05, 0) is 17.7 Å². The lowest BCUT2D eigenvalue weighted by atomic mass is 9.95. The Morgan fingerprint density at radius 3 is 2.71 bits per heavy atom. The largest absolute Gasteiger partial charge is 0.465 e. The van der Waals surface area contributed by atoms with Crippen molar-refractivity contribution < 1.29 is 23.1 Å². The van der Waals surface area contributed by atoms with Gasteiger partial charge in [-0.2, -0.15) is 0 Å². The second-order valence-electron chi connectivity index (χ2n) is 5.57. The predicted molar refractivity (Wildman–Crippen MR) is 91.1 cm³/mol. The number of sulfonamides is 1. The molecule has 1 amide bonds. The van der Waals surface area contributed by atoms with Crippen LogP contribution in [0.2, 0.25) is 10.0 Å². The van der Waals surface area contributed by atoms with E-state index in [2.05, 4.69) is 4.72 Å². The summed E-state index contributed by atoms with van der Waals surface area (Å²) in [7, 11) is -3.41. The summed E-state index contributed by atoms with van der Waals surface area (Å²) in [5, 5.41) is 9.99. The Balaban J connectivity index is 2.29. The number of amides is 1. The molecule has 2 unspecified atom stereocenters. The van der Waals surface area contributed by atoms with Crippen molar-refractivity contribution in [2.45, 2.75) is 6.10 Å². The fraction of sp³-hybridized carbons (Fsp3) is 0.500. The maximum atomic E-state index is 11.4. The van der Waals surface area contributed by atoms with Gasteiger partial charge < -0.3 is 14.7 Å². The molecule has 2 rings (SSSR count). The zero-order chi connectivity index (χ0) is 17.9. The van der Waals surface area contributed by atoms with Crippen LogP contribution in [0.1, 0.15) is 11.7 Å². The number of carbonyl (C=O) groups is 1. The lowest BCUT2D eigenvalue weighted by molar-refractivity contribution is 0.0321. The van der Waals surface area contributed by atoms with Gasteiger partial charge >= 0.3 is 6.09 Å². The SMILES string of the molecule is CS(=O)(=O)NCC1CN(C(=O)O)CCOC1c1ccc(Cl)c(Cl)c1. The minimum absolute atomic E-state index is 0.0491. The van der Waals surface area contributed by atoms with Crippen molar-refractivity contribution in [2.75, 3.05) is 32.5 Å². The molecular weight excluding hydrogens is 379 g/mol. The maximum Gasteiger partial charge on any atom is 0.407 e. The average molecular weight is 397 g/mol. The minimum atomic E-state index is -3.41. The molecule has 1 saturated heterocycles. The zero-order valence-corrected chi connectivity index (χ0v) is 15.2. The smallest absolute Gasteiger partial charge is 0.407 e. The summed E-state index contributed by atoms with van der Waals surface area (Å²) >= 11 is 12.0. The summed E-state index contributed by atoms with van der Waals surface area (Å²) in [4.78, 5) is 12.5. The zero-order valence-electron chi connectivity index (χ0n) is 12.9. The molecule has 0 spiro atoms. The molecule has 1 aromatic carbocycles. The van der Waals surface area contributed by atoms with Gasteiger partial charge in [0.25, 0.3) is 0 Å². The summed E-state index contributed by atoms with van der Waals surface area (Å²) < 4.78 is 31.0. The van der Waals surface area contributed by atoms with E-state index in [4.69, 9.17) is 27.9 Å². The predicted octanol–water partition coefficient (Wildman–Crippen LogP) is 2.21. The number of halogens is 2. The summed E-state index contributed by atoms with van der Waals surface area (Å²) in [5.41, 5.74) is 0.719. The molecule has 1 aliphatic rings. The molecule has 2 atom stereocenters. The summed E-state index contributed by atoms with van der Waals surface area (Å²) in [6.45, 7) is 0.603. The van der Waals surface area contributed by atoms with Gasteiger partial charge in [-0.15, -0.1) is 0 Å². The summed E-state index contributed by atoms with van der Waals surface area (Å²) in [5.74, 6) is -0.407. The van der Waals surface area contributed by atoms with E-state index in [0.717, 1.165) is 11.8 Å². The van der Waals surface area contributed by atoms with Crippen molar-refractivity contribution in [2.24, 2.45) is 5.92 Å². The Morgan fingerprint density at radius 2 is 2.12 bits per heavy atom. The number of carboxylic acid groups (broad SMARTS) is 1. The number of benzene rings is 1. The first-order valence-electron chi connectivity index (χ1n) is 7.16. The van der Waals surface area contributed by atoms with Gasteiger partial charge in [-0.3, -0.25) is 0 Å². The third-order valence-corrected chi connectivity index (χ3v) is 5.12. The van der Waals surface area contributed by atoms with E-state index in [9.17, 15) is 18.3 Å². The molecule has 1 fully saturated rings. The maximum absolute atomic E-state index is 11.4. The van der Waals surface area contributed by atoms with Gasteiger partial charge in [-0.1, -0.05) is 29.3 Å². The van der Waals surface area contributed by atoms with Crippen LogP contribution in [0.3, 0.4) is 0 Å². The van der Waals surface area contributed by atoms with Crippen LogP contribution in [0, 0.1) is 5.92 Å². The van der Waals surface area contributed by atoms with E-state index < -0.39 is 28.1 Å². The molecule has 134 valence electrons. The molecule has 1 aromatic rings. The van der Waals surface area contributed by atoms with Gasteiger partial charge in [0.1, 0.15) is 0 Å². The first kappa shape index (κ1) is 19.3. The quantitative estimate of drug-likeness (QED) is 0.812. The van der Waals surface area contributed by atoms with Crippen LogP contribution in [-0.2, 0) is 14.8 Å². The van der Waals surface area contributed by atoms with E-state index in [1.165, 1.54) is 4.90 Å². The number of nitrogens with one attached hydrogen (secondary N) is 1. The van der Waals surface area contributed by atoms with Crippen LogP contribution in [-0.4, -0.2) is 57.0 Å². The fourth-order valence-electron chi connectivity index (χ4n) is 2.56. The normalized spacial score (nSPS) is 22.2. The molecule has 0 radical (unpaired) electrons. The topological polar surface area (TPSA) is 95.9 Å². The Bertz CT molecular complexity index is 713. The van der Waals surface area contributed by atoms with Crippen LogP contribution in [0.25, 0.3) is 0 Å². The molecule has 10 heteroatoms. The van der Waals surface area contributed by atoms with Crippen LogP contribution in [0.5, 0.6) is 0 Å². The fourth-order valence-corrected chi connectivity index (χ4v) is 3.38. The first-order valence-corrected chi connectivity index (χ1v) is 9.81. The van der Waals surface area contributed by atoms with E-state index >= 15 is 0 Å². The van der Waals surface area contributed by atoms with Gasteiger partial charge in [0.05, 0.1) is 29.0 Å². The summed E-state index contributed by atoms with van der Waals surface area (Å²) in [6.07, 6.45) is -0.524. The lowest BCUT2D eigenvalue weighted by Gasteiger charge is -2.27. The first-order chi connectivity index (χ1) is 11.2. The van der Waals surface area contributed by atoms with Crippen molar-refractivity contribution in [3.63, 3.8) is 0 Å². The highest BCUT2D eigenvalue weighted by Crippen LogP contribution is 2.33. The molecule has 7 nitrogen and oxygen atoms in total. The van der Waals surface area contributed by atoms with Crippen LogP contribution in [0.4, 0.5) is 4.79 Å². The number of rotatable bonds is 4. The van der Waals surface area contributed by atoms with Gasteiger partial charge in [0, 0.05) is 25.6 Å². The van der Waals surface area contributed by atoms with E-state index in [0.29, 0.717) is 10.0 Å². The van der Waals surface area contributed by atoms with E-state index in [1.807, 2.05) is 0 Å². The minimum Gasteiger partial charge on any atom is -0.465 e. The molecular formula is C14H18Cl2N2O5S. The number of hydrogen-bond donors (Lipinski definition) is 2. The summed E-state index contributed by atoms with van der Waals surface area (Å²) in [6, 6.07) is 5.02. The number of hydrogen-bond acceptors (Lipinski definition) is 4. The van der Waals surface area contributed by atoms with Crippen LogP contribution < -0.4 is 4.72 Å². The van der Waals surface area contributed by atoms with Gasteiger partial charge in [-0.25, -0.2) is 17.9 Å². The monoisotopic (exact) mass is 396 g/mol. The van der Waals surface area contributed by atoms with Crippen molar-refractivity contribution in [1.29, 1.82) is 0 Å². The highest BCUT2D eigenvalue weighted by Gasteiger charge is 2.32.